The second-order valence-electron chi connectivity index (χ2n) is 7.49. The molecule has 2 aromatic rings. The van der Waals surface area contributed by atoms with E-state index in [-0.39, 0.29) is 36.2 Å². The zero-order valence-corrected chi connectivity index (χ0v) is 19.9. The minimum absolute atomic E-state index is 0. The molecule has 5 nitrogen and oxygen atoms in total. The van der Waals surface area contributed by atoms with Crippen molar-refractivity contribution in [3.63, 3.8) is 0 Å². The number of benzene rings is 2. The molecule has 0 aliphatic carbocycles. The fraction of sp³-hybridized carbons (Fsp3) is 0.435. The third-order valence-corrected chi connectivity index (χ3v) is 4.98. The minimum atomic E-state index is 0. The fourth-order valence-electron chi connectivity index (χ4n) is 3.72. The quantitative estimate of drug-likeness (QED) is 0.355. The van der Waals surface area contributed by atoms with E-state index >= 15 is 0 Å². The van der Waals surface area contributed by atoms with E-state index in [0.29, 0.717) is 0 Å². The predicted octanol–water partition coefficient (Wildman–Crippen LogP) is 3.78. The van der Waals surface area contributed by atoms with E-state index in [0.717, 1.165) is 38.7 Å². The monoisotopic (exact) mass is 508 g/mol. The summed E-state index contributed by atoms with van der Waals surface area (Å²) in [5, 5.41) is 6.83. The molecular weight excluding hydrogens is 475 g/mol. The first-order valence-electron chi connectivity index (χ1n) is 10.1. The second-order valence-corrected chi connectivity index (χ2v) is 7.49. The molecule has 29 heavy (non-hydrogen) atoms. The van der Waals surface area contributed by atoms with E-state index < -0.39 is 0 Å². The molecule has 1 aliphatic heterocycles. The molecule has 0 saturated carbocycles. The van der Waals surface area contributed by atoms with E-state index in [1.165, 1.54) is 16.7 Å². The summed E-state index contributed by atoms with van der Waals surface area (Å²) in [6, 6.07) is 19.0. The average molecular weight is 508 g/mol. The zero-order valence-electron chi connectivity index (χ0n) is 17.6. The van der Waals surface area contributed by atoms with Gasteiger partial charge in [-0.2, -0.15) is 0 Å². The van der Waals surface area contributed by atoms with Crippen molar-refractivity contribution >= 4 is 29.9 Å². The van der Waals surface area contributed by atoms with Gasteiger partial charge in [-0.15, -0.1) is 24.0 Å². The summed E-state index contributed by atoms with van der Waals surface area (Å²) in [5.74, 6) is 0.812. The lowest BCUT2D eigenvalue weighted by molar-refractivity contribution is -0.0705. The van der Waals surface area contributed by atoms with Gasteiger partial charge in [0.05, 0.1) is 12.2 Å². The van der Waals surface area contributed by atoms with Crippen LogP contribution in [0.15, 0.2) is 59.6 Å². The molecular formula is C23H33IN4O. The molecule has 2 aromatic carbocycles. The number of aliphatic imine (C=N–C) groups is 1. The van der Waals surface area contributed by atoms with Gasteiger partial charge in [-0.25, -0.2) is 0 Å². The highest BCUT2D eigenvalue weighted by molar-refractivity contribution is 14.0. The Morgan fingerprint density at radius 1 is 0.931 bits per heavy atom. The van der Waals surface area contributed by atoms with Crippen molar-refractivity contribution in [1.29, 1.82) is 0 Å². The third kappa shape index (κ3) is 7.60. The Kier molecular flexibility index (Phi) is 9.90. The van der Waals surface area contributed by atoms with Gasteiger partial charge in [0.1, 0.15) is 0 Å². The zero-order chi connectivity index (χ0) is 19.8. The van der Waals surface area contributed by atoms with Crippen molar-refractivity contribution in [1.82, 2.24) is 15.5 Å². The van der Waals surface area contributed by atoms with Crippen LogP contribution in [0.25, 0.3) is 0 Å². The number of rotatable bonds is 6. The van der Waals surface area contributed by atoms with Crippen molar-refractivity contribution in [2.75, 3.05) is 20.1 Å². The highest BCUT2D eigenvalue weighted by Gasteiger charge is 2.22. The lowest BCUT2D eigenvalue weighted by atomic mass is 10.1. The first-order chi connectivity index (χ1) is 13.6. The summed E-state index contributed by atoms with van der Waals surface area (Å²) in [6.07, 6.45) is 0.574. The van der Waals surface area contributed by atoms with E-state index in [9.17, 15) is 0 Å². The van der Waals surface area contributed by atoms with Crippen molar-refractivity contribution in [2.45, 2.75) is 45.7 Å². The first-order valence-corrected chi connectivity index (χ1v) is 10.1. The third-order valence-electron chi connectivity index (χ3n) is 4.98. The van der Waals surface area contributed by atoms with Crippen LogP contribution in [0.1, 0.15) is 30.5 Å². The van der Waals surface area contributed by atoms with Gasteiger partial charge in [-0.05, 0) is 30.5 Å². The van der Waals surface area contributed by atoms with Gasteiger partial charge in [0.2, 0.25) is 0 Å². The maximum Gasteiger partial charge on any atom is 0.191 e. The van der Waals surface area contributed by atoms with Gasteiger partial charge < -0.3 is 15.4 Å². The Bertz CT molecular complexity index is 758. The molecule has 0 aromatic heterocycles. The normalized spacial score (nSPS) is 20.0. The van der Waals surface area contributed by atoms with Crippen LogP contribution in [-0.4, -0.2) is 43.2 Å². The average Bonchev–Trinajstić information content (AvgIpc) is 2.69. The number of nitrogens with one attached hydrogen (secondary N) is 2. The van der Waals surface area contributed by atoms with E-state index in [4.69, 9.17) is 4.74 Å². The number of ether oxygens (including phenoxy) is 1. The Labute approximate surface area is 192 Å². The highest BCUT2D eigenvalue weighted by atomic mass is 127. The molecule has 1 fully saturated rings. The Balaban J connectivity index is 0.00000300. The maximum atomic E-state index is 5.86. The smallest absolute Gasteiger partial charge is 0.191 e. The fourth-order valence-corrected chi connectivity index (χ4v) is 3.72. The summed E-state index contributed by atoms with van der Waals surface area (Å²) in [5.41, 5.74) is 3.90. The molecule has 158 valence electrons. The summed E-state index contributed by atoms with van der Waals surface area (Å²) in [7, 11) is 1.81. The molecule has 6 heteroatoms. The van der Waals surface area contributed by atoms with Crippen molar-refractivity contribution in [3.05, 3.63) is 71.3 Å². The Morgan fingerprint density at radius 3 is 2.17 bits per heavy atom. The molecule has 0 amide bonds. The standard InChI is InChI=1S/C23H32N4O.HI/c1-18-15-27(16-19(2)28-18)17-22-12-8-7-11-21(22)14-26-23(24-3)25-13-20-9-5-4-6-10-20;/h4-12,18-19H,13-17H2,1-3H3,(H2,24,25,26);1H. The van der Waals surface area contributed by atoms with Gasteiger partial charge in [0, 0.05) is 39.8 Å². The molecule has 1 aliphatic rings. The Morgan fingerprint density at radius 2 is 1.52 bits per heavy atom. The predicted molar refractivity (Wildman–Crippen MR) is 131 cm³/mol. The van der Waals surface area contributed by atoms with Crippen LogP contribution in [0, 0.1) is 0 Å². The van der Waals surface area contributed by atoms with Crippen molar-refractivity contribution in [2.24, 2.45) is 4.99 Å². The summed E-state index contributed by atoms with van der Waals surface area (Å²) in [6.45, 7) is 8.72. The van der Waals surface area contributed by atoms with Crippen LogP contribution in [0.3, 0.4) is 0 Å². The molecule has 3 rings (SSSR count). The summed E-state index contributed by atoms with van der Waals surface area (Å²) < 4.78 is 5.86. The number of hydrogen-bond acceptors (Lipinski definition) is 3. The molecule has 0 bridgehead atoms. The van der Waals surface area contributed by atoms with Gasteiger partial charge >= 0.3 is 0 Å². The first kappa shape index (κ1) is 23.6. The molecule has 0 radical (unpaired) electrons. The molecule has 1 saturated heterocycles. The lowest BCUT2D eigenvalue weighted by Crippen LogP contribution is -2.45. The van der Waals surface area contributed by atoms with Crippen molar-refractivity contribution in [3.8, 4) is 0 Å². The van der Waals surface area contributed by atoms with Crippen LogP contribution in [0.5, 0.6) is 0 Å². The second kappa shape index (κ2) is 12.1. The number of hydrogen-bond donors (Lipinski definition) is 2. The minimum Gasteiger partial charge on any atom is -0.373 e. The molecule has 1 heterocycles. The van der Waals surface area contributed by atoms with Crippen LogP contribution >= 0.6 is 24.0 Å². The maximum absolute atomic E-state index is 5.86. The number of morpholine rings is 1. The lowest BCUT2D eigenvalue weighted by Gasteiger charge is -2.35. The van der Waals surface area contributed by atoms with Gasteiger partial charge in [0.25, 0.3) is 0 Å². The van der Waals surface area contributed by atoms with Crippen LogP contribution in [-0.2, 0) is 24.4 Å². The van der Waals surface area contributed by atoms with Crippen LogP contribution in [0.2, 0.25) is 0 Å². The van der Waals surface area contributed by atoms with Gasteiger partial charge in [-0.1, -0.05) is 54.6 Å². The van der Waals surface area contributed by atoms with Gasteiger partial charge in [-0.3, -0.25) is 9.89 Å². The van der Waals surface area contributed by atoms with E-state index in [1.807, 2.05) is 13.1 Å². The number of nitrogens with zero attached hydrogens (tertiary/aromatic N) is 2. The Hall–Kier alpha value is -1.64. The topological polar surface area (TPSA) is 48.9 Å². The largest absolute Gasteiger partial charge is 0.373 e. The van der Waals surface area contributed by atoms with E-state index in [1.54, 1.807) is 0 Å². The molecule has 2 unspecified atom stereocenters. The van der Waals surface area contributed by atoms with Gasteiger partial charge in [0.15, 0.2) is 5.96 Å². The van der Waals surface area contributed by atoms with Crippen molar-refractivity contribution < 1.29 is 4.74 Å². The number of halogens is 1. The SMILES string of the molecule is CN=C(NCc1ccccc1)NCc1ccccc1CN1CC(C)OC(C)C1.I. The molecule has 0 spiro atoms. The van der Waals surface area contributed by atoms with E-state index in [2.05, 4.69) is 82.9 Å². The number of guanidine groups is 1. The molecule has 2 N–H and O–H groups in total. The van der Waals surface area contributed by atoms with Crippen LogP contribution < -0.4 is 10.6 Å². The highest BCUT2D eigenvalue weighted by Crippen LogP contribution is 2.17. The summed E-state index contributed by atoms with van der Waals surface area (Å²) in [4.78, 5) is 6.84. The molecule has 2 atom stereocenters. The summed E-state index contributed by atoms with van der Waals surface area (Å²) >= 11 is 0. The van der Waals surface area contributed by atoms with Crippen LogP contribution in [0.4, 0.5) is 0 Å².